The molecule has 1 aliphatic heterocycles. The van der Waals surface area contributed by atoms with Crippen LogP contribution in [0.15, 0.2) is 23.1 Å². The molecule has 2 unspecified atom stereocenters. The van der Waals surface area contributed by atoms with Gasteiger partial charge in [0.05, 0.1) is 5.75 Å². The Kier molecular flexibility index (Phi) is 3.23. The average Bonchev–Trinajstić information content (AvgIpc) is 2.22. The lowest BCUT2D eigenvalue weighted by Crippen LogP contribution is -2.36. The molecule has 0 saturated heterocycles. The highest BCUT2D eigenvalue weighted by Crippen LogP contribution is 2.36. The van der Waals surface area contributed by atoms with Crippen molar-refractivity contribution in [3.05, 3.63) is 29.6 Å². The fraction of sp³-hybridized carbons (Fsp3) is 0.500. The second-order valence-electron chi connectivity index (χ2n) is 4.45. The van der Waals surface area contributed by atoms with Gasteiger partial charge in [0.25, 0.3) is 0 Å². The van der Waals surface area contributed by atoms with Crippen LogP contribution in [0.5, 0.6) is 0 Å². The first-order valence-corrected chi connectivity index (χ1v) is 7.37. The molecule has 5 heteroatoms. The fourth-order valence-electron chi connectivity index (χ4n) is 2.46. The SMILES string of the molecule is CCNC1c2cccc(F)c2S(=O)(=O)CC1C. The topological polar surface area (TPSA) is 46.2 Å². The monoisotopic (exact) mass is 257 g/mol. The normalized spacial score (nSPS) is 26.5. The van der Waals surface area contributed by atoms with Crippen molar-refractivity contribution in [1.29, 1.82) is 0 Å². The molecule has 2 rings (SSSR count). The van der Waals surface area contributed by atoms with Crippen molar-refractivity contribution in [3.63, 3.8) is 0 Å². The van der Waals surface area contributed by atoms with Crippen molar-refractivity contribution in [2.75, 3.05) is 12.3 Å². The minimum Gasteiger partial charge on any atom is -0.310 e. The molecular formula is C12H16FNO2S. The number of halogens is 1. The molecule has 1 heterocycles. The summed E-state index contributed by atoms with van der Waals surface area (Å²) in [5.41, 5.74) is 0.561. The fourth-order valence-corrected chi connectivity index (χ4v) is 4.43. The average molecular weight is 257 g/mol. The smallest absolute Gasteiger partial charge is 0.181 e. The Morgan fingerprint density at radius 1 is 1.47 bits per heavy atom. The number of nitrogens with one attached hydrogen (secondary N) is 1. The van der Waals surface area contributed by atoms with Crippen molar-refractivity contribution in [2.24, 2.45) is 5.92 Å². The summed E-state index contributed by atoms with van der Waals surface area (Å²) in [4.78, 5) is -0.121. The molecule has 0 bridgehead atoms. The van der Waals surface area contributed by atoms with Crippen LogP contribution in [0.4, 0.5) is 4.39 Å². The quantitative estimate of drug-likeness (QED) is 0.880. The summed E-state index contributed by atoms with van der Waals surface area (Å²) >= 11 is 0. The zero-order valence-corrected chi connectivity index (χ0v) is 10.7. The number of hydrogen-bond acceptors (Lipinski definition) is 3. The van der Waals surface area contributed by atoms with Crippen LogP contribution in [0.25, 0.3) is 0 Å². The van der Waals surface area contributed by atoms with Gasteiger partial charge in [0.2, 0.25) is 0 Å². The van der Waals surface area contributed by atoms with Crippen LogP contribution in [0.1, 0.15) is 25.5 Å². The number of sulfone groups is 1. The Balaban J connectivity index is 2.63. The van der Waals surface area contributed by atoms with Crippen LogP contribution in [0.3, 0.4) is 0 Å². The molecule has 94 valence electrons. The molecular weight excluding hydrogens is 241 g/mol. The molecule has 2 atom stereocenters. The van der Waals surface area contributed by atoms with E-state index in [1.807, 2.05) is 13.8 Å². The molecule has 1 aromatic carbocycles. The third-order valence-corrected chi connectivity index (χ3v) is 5.14. The van der Waals surface area contributed by atoms with E-state index in [0.717, 1.165) is 6.54 Å². The van der Waals surface area contributed by atoms with Crippen molar-refractivity contribution in [2.45, 2.75) is 24.8 Å². The maximum Gasteiger partial charge on any atom is 0.181 e. The Bertz CT molecular complexity index is 527. The second-order valence-corrected chi connectivity index (χ2v) is 6.42. The van der Waals surface area contributed by atoms with Crippen molar-refractivity contribution < 1.29 is 12.8 Å². The zero-order chi connectivity index (χ0) is 12.6. The van der Waals surface area contributed by atoms with E-state index in [-0.39, 0.29) is 22.6 Å². The standard InChI is InChI=1S/C12H16FNO2S/c1-3-14-11-8(2)7-17(15,16)12-9(11)5-4-6-10(12)13/h4-6,8,11,14H,3,7H2,1-2H3. The Labute approximate surface area is 101 Å². The van der Waals surface area contributed by atoms with E-state index in [2.05, 4.69) is 5.32 Å². The first-order chi connectivity index (χ1) is 7.97. The molecule has 0 aromatic heterocycles. The summed E-state index contributed by atoms with van der Waals surface area (Å²) < 4.78 is 37.7. The molecule has 1 N–H and O–H groups in total. The van der Waals surface area contributed by atoms with E-state index in [1.165, 1.54) is 6.07 Å². The third kappa shape index (κ3) is 2.09. The van der Waals surface area contributed by atoms with Gasteiger partial charge in [-0.2, -0.15) is 0 Å². The first-order valence-electron chi connectivity index (χ1n) is 5.72. The second kappa shape index (κ2) is 4.38. The number of hydrogen-bond donors (Lipinski definition) is 1. The number of benzene rings is 1. The highest BCUT2D eigenvalue weighted by Gasteiger charge is 2.37. The maximum absolute atomic E-state index is 13.7. The van der Waals surface area contributed by atoms with Gasteiger partial charge in [0, 0.05) is 6.04 Å². The van der Waals surface area contributed by atoms with Crippen LogP contribution in [-0.2, 0) is 9.84 Å². The van der Waals surface area contributed by atoms with Crippen molar-refractivity contribution in [1.82, 2.24) is 5.32 Å². The van der Waals surface area contributed by atoms with Crippen LogP contribution < -0.4 is 5.32 Å². The lowest BCUT2D eigenvalue weighted by Gasteiger charge is -2.31. The van der Waals surface area contributed by atoms with Gasteiger partial charge in [-0.25, -0.2) is 12.8 Å². The van der Waals surface area contributed by atoms with Gasteiger partial charge < -0.3 is 5.32 Å². The Morgan fingerprint density at radius 3 is 2.82 bits per heavy atom. The van der Waals surface area contributed by atoms with Crippen LogP contribution in [-0.4, -0.2) is 20.7 Å². The molecule has 0 aliphatic carbocycles. The van der Waals surface area contributed by atoms with Crippen LogP contribution >= 0.6 is 0 Å². The number of rotatable bonds is 2. The number of fused-ring (bicyclic) bond motifs is 1. The van der Waals surface area contributed by atoms with Gasteiger partial charge in [-0.05, 0) is 24.1 Å². The predicted octanol–water partition coefficient (Wildman–Crippen LogP) is 1.90. The summed E-state index contributed by atoms with van der Waals surface area (Å²) in [5.74, 6) is -0.690. The molecule has 17 heavy (non-hydrogen) atoms. The van der Waals surface area contributed by atoms with E-state index in [4.69, 9.17) is 0 Å². The van der Waals surface area contributed by atoms with E-state index in [1.54, 1.807) is 12.1 Å². The summed E-state index contributed by atoms with van der Waals surface area (Å²) in [7, 11) is -3.49. The molecule has 1 aliphatic rings. The lowest BCUT2D eigenvalue weighted by molar-refractivity contribution is 0.396. The first kappa shape index (κ1) is 12.5. The van der Waals surface area contributed by atoms with E-state index < -0.39 is 15.7 Å². The van der Waals surface area contributed by atoms with Crippen LogP contribution in [0.2, 0.25) is 0 Å². The summed E-state index contributed by atoms with van der Waals surface area (Å²) in [6.45, 7) is 4.55. The largest absolute Gasteiger partial charge is 0.310 e. The van der Waals surface area contributed by atoms with E-state index in [9.17, 15) is 12.8 Å². The summed E-state index contributed by atoms with van der Waals surface area (Å²) in [5, 5.41) is 3.22. The van der Waals surface area contributed by atoms with Gasteiger partial charge in [0.15, 0.2) is 9.84 Å². The molecule has 3 nitrogen and oxygen atoms in total. The lowest BCUT2D eigenvalue weighted by atomic mass is 9.95. The molecule has 0 fully saturated rings. The minimum atomic E-state index is -3.49. The van der Waals surface area contributed by atoms with E-state index in [0.29, 0.717) is 5.56 Å². The van der Waals surface area contributed by atoms with E-state index >= 15 is 0 Å². The van der Waals surface area contributed by atoms with Crippen molar-refractivity contribution in [3.8, 4) is 0 Å². The highest BCUT2D eigenvalue weighted by molar-refractivity contribution is 7.91. The molecule has 1 aromatic rings. The Hall–Kier alpha value is -0.940. The Morgan fingerprint density at radius 2 is 2.18 bits per heavy atom. The molecule has 0 saturated carbocycles. The van der Waals surface area contributed by atoms with Gasteiger partial charge in [0.1, 0.15) is 10.7 Å². The van der Waals surface area contributed by atoms with Gasteiger partial charge in [-0.1, -0.05) is 26.0 Å². The summed E-state index contributed by atoms with van der Waals surface area (Å²) in [6.07, 6.45) is 0. The van der Waals surface area contributed by atoms with Crippen molar-refractivity contribution >= 4 is 9.84 Å². The molecule has 0 amide bonds. The minimum absolute atomic E-state index is 0.00139. The molecule has 0 radical (unpaired) electrons. The third-order valence-electron chi connectivity index (χ3n) is 3.12. The van der Waals surface area contributed by atoms with Gasteiger partial charge in [-0.15, -0.1) is 0 Å². The zero-order valence-electron chi connectivity index (χ0n) is 9.90. The van der Waals surface area contributed by atoms with Gasteiger partial charge >= 0.3 is 0 Å². The maximum atomic E-state index is 13.7. The summed E-state index contributed by atoms with van der Waals surface area (Å²) in [6, 6.07) is 4.37. The highest BCUT2D eigenvalue weighted by atomic mass is 32.2. The molecule has 0 spiro atoms. The van der Waals surface area contributed by atoms with Crippen LogP contribution in [0, 0.1) is 11.7 Å². The predicted molar refractivity (Wildman–Crippen MR) is 64.0 cm³/mol. The van der Waals surface area contributed by atoms with Gasteiger partial charge in [-0.3, -0.25) is 0 Å².